The number of rotatable bonds is 7. The maximum atomic E-state index is 10.7. The molecule has 194 valence electrons. The molecule has 3 aromatic rings. The highest BCUT2D eigenvalue weighted by Crippen LogP contribution is 2.41. The zero-order chi connectivity index (χ0) is 27.1. The van der Waals surface area contributed by atoms with Crippen LogP contribution in [0.25, 0.3) is 17.2 Å². The molecule has 1 fully saturated rings. The van der Waals surface area contributed by atoms with Crippen LogP contribution in [0.1, 0.15) is 85.8 Å². The molecule has 1 aliphatic carbocycles. The summed E-state index contributed by atoms with van der Waals surface area (Å²) in [6.45, 7) is 11.1. The van der Waals surface area contributed by atoms with Crippen molar-refractivity contribution in [3.05, 3.63) is 94.3 Å². The van der Waals surface area contributed by atoms with Crippen LogP contribution in [0.2, 0.25) is 0 Å². The second kappa shape index (κ2) is 12.3. The topological polar surface area (TPSA) is 67.3 Å². The van der Waals surface area contributed by atoms with Crippen molar-refractivity contribution in [1.82, 2.24) is 4.98 Å². The lowest BCUT2D eigenvalue weighted by atomic mass is 9.69. The van der Waals surface area contributed by atoms with Gasteiger partial charge in [-0.25, -0.2) is 0 Å². The van der Waals surface area contributed by atoms with E-state index >= 15 is 0 Å². The third-order valence-electron chi connectivity index (χ3n) is 8.04. The van der Waals surface area contributed by atoms with Gasteiger partial charge in [-0.15, -0.1) is 0 Å². The van der Waals surface area contributed by atoms with E-state index in [2.05, 4.69) is 88.1 Å². The van der Waals surface area contributed by atoms with Gasteiger partial charge < -0.3 is 5.11 Å². The number of hydrogen-bond acceptors (Lipinski definition) is 4. The molecule has 0 saturated heterocycles. The van der Waals surface area contributed by atoms with Gasteiger partial charge in [-0.2, -0.15) is 9.59 Å². The van der Waals surface area contributed by atoms with E-state index in [4.69, 9.17) is 9.59 Å². The Labute approximate surface area is 221 Å². The van der Waals surface area contributed by atoms with Crippen molar-refractivity contribution in [2.24, 2.45) is 0 Å². The Balaban J connectivity index is 0.00000121. The summed E-state index contributed by atoms with van der Waals surface area (Å²) in [5.74, 6) is 0. The average molecular weight is 498 g/mol. The zero-order valence-electron chi connectivity index (χ0n) is 22.8. The quantitative estimate of drug-likeness (QED) is 0.367. The highest BCUT2D eigenvalue weighted by atomic mass is 16.3. The van der Waals surface area contributed by atoms with Crippen LogP contribution in [-0.4, -0.2) is 21.8 Å². The number of hydrogen-bond donors (Lipinski definition) is 1. The van der Waals surface area contributed by atoms with Crippen LogP contribution in [-0.2, 0) is 15.0 Å². The van der Waals surface area contributed by atoms with Crippen molar-refractivity contribution >= 4 is 12.2 Å². The summed E-state index contributed by atoms with van der Waals surface area (Å²) >= 11 is 0. The van der Waals surface area contributed by atoms with E-state index < -0.39 is 5.60 Å². The standard InChI is InChI=1S/C32H39NO.CO2/c1-6-32(7-2,29-12-13-30(25(5)20-29)27-18-23(3)21-33-22-27)28-11-10-26(24(4)19-28)14-17-31(34)15-8-9-16-31;2-1-3/h10-14,17-22,34H,6-9,15-16H2,1-5H3;/b17-14+;. The van der Waals surface area contributed by atoms with E-state index in [0.717, 1.165) is 38.5 Å². The molecule has 0 spiro atoms. The number of benzene rings is 2. The molecule has 0 aliphatic heterocycles. The summed E-state index contributed by atoms with van der Waals surface area (Å²) in [5, 5.41) is 10.7. The molecule has 1 N–H and O–H groups in total. The van der Waals surface area contributed by atoms with Crippen LogP contribution < -0.4 is 0 Å². The first kappa shape index (κ1) is 28.2. The Morgan fingerprint density at radius 2 is 1.51 bits per heavy atom. The summed E-state index contributed by atoms with van der Waals surface area (Å²) in [6.07, 6.45) is 14.3. The number of nitrogens with zero attached hydrogens (tertiary/aromatic N) is 1. The number of carbonyl (C=O) groups excluding carboxylic acids is 2. The second-order valence-corrected chi connectivity index (χ2v) is 10.4. The molecule has 0 radical (unpaired) electrons. The molecular formula is C33H39NO3. The maximum absolute atomic E-state index is 10.7. The van der Waals surface area contributed by atoms with Crippen LogP contribution in [0, 0.1) is 20.8 Å². The first-order valence-electron chi connectivity index (χ1n) is 13.3. The Hall–Kier alpha value is -3.33. The van der Waals surface area contributed by atoms with Crippen molar-refractivity contribution in [1.29, 1.82) is 0 Å². The molecule has 4 heteroatoms. The molecule has 2 aromatic carbocycles. The zero-order valence-corrected chi connectivity index (χ0v) is 22.8. The summed E-state index contributed by atoms with van der Waals surface area (Å²) in [7, 11) is 0. The van der Waals surface area contributed by atoms with E-state index in [1.165, 1.54) is 44.5 Å². The second-order valence-electron chi connectivity index (χ2n) is 10.4. The van der Waals surface area contributed by atoms with Gasteiger partial charge in [-0.3, -0.25) is 4.98 Å². The third kappa shape index (κ3) is 6.33. The van der Waals surface area contributed by atoms with E-state index in [9.17, 15) is 5.11 Å². The summed E-state index contributed by atoms with van der Waals surface area (Å²) in [4.78, 5) is 20.6. The fourth-order valence-corrected chi connectivity index (χ4v) is 5.78. The third-order valence-corrected chi connectivity index (χ3v) is 8.04. The van der Waals surface area contributed by atoms with Gasteiger partial charge in [-0.05, 0) is 91.5 Å². The summed E-state index contributed by atoms with van der Waals surface area (Å²) in [5.41, 5.74) is 9.47. The van der Waals surface area contributed by atoms with Crippen LogP contribution in [0.4, 0.5) is 0 Å². The van der Waals surface area contributed by atoms with Gasteiger partial charge in [0.2, 0.25) is 0 Å². The van der Waals surface area contributed by atoms with Crippen molar-refractivity contribution < 1.29 is 14.7 Å². The molecular weight excluding hydrogens is 458 g/mol. The molecule has 0 atom stereocenters. The number of aryl methyl sites for hydroxylation is 3. The molecule has 37 heavy (non-hydrogen) atoms. The van der Waals surface area contributed by atoms with Crippen LogP contribution in [0.5, 0.6) is 0 Å². The van der Waals surface area contributed by atoms with E-state index in [0.29, 0.717) is 0 Å². The SMILES string of the molecule is CCC(CC)(c1ccc(/C=C/C2(O)CCCC2)c(C)c1)c1ccc(-c2cncc(C)c2)c(C)c1.O=C=O. The normalized spacial score (nSPS) is 14.8. The molecule has 4 rings (SSSR count). The lowest BCUT2D eigenvalue weighted by Crippen LogP contribution is -2.26. The molecule has 1 aromatic heterocycles. The van der Waals surface area contributed by atoms with Gasteiger partial charge in [0.05, 0.1) is 5.60 Å². The highest BCUT2D eigenvalue weighted by molar-refractivity contribution is 5.68. The number of pyridine rings is 1. The monoisotopic (exact) mass is 497 g/mol. The lowest BCUT2D eigenvalue weighted by Gasteiger charge is -2.34. The Morgan fingerprint density at radius 1 is 0.919 bits per heavy atom. The van der Waals surface area contributed by atoms with E-state index in [1.54, 1.807) is 0 Å². The van der Waals surface area contributed by atoms with Crippen molar-refractivity contribution in [2.75, 3.05) is 0 Å². The number of aromatic nitrogens is 1. The summed E-state index contributed by atoms with van der Waals surface area (Å²) < 4.78 is 0. The Kier molecular flexibility index (Phi) is 9.37. The molecule has 0 unspecified atom stereocenters. The van der Waals surface area contributed by atoms with Crippen molar-refractivity contribution in [3.8, 4) is 11.1 Å². The van der Waals surface area contributed by atoms with Crippen LogP contribution in [0.15, 0.2) is 60.9 Å². The Morgan fingerprint density at radius 3 is 2.05 bits per heavy atom. The fourth-order valence-electron chi connectivity index (χ4n) is 5.78. The predicted molar refractivity (Wildman–Crippen MR) is 149 cm³/mol. The van der Waals surface area contributed by atoms with Crippen molar-refractivity contribution in [3.63, 3.8) is 0 Å². The smallest absolute Gasteiger partial charge is 0.373 e. The minimum absolute atomic E-state index is 0.0230. The van der Waals surface area contributed by atoms with Crippen molar-refractivity contribution in [2.45, 2.75) is 84.2 Å². The maximum Gasteiger partial charge on any atom is 0.373 e. The minimum atomic E-state index is -0.617. The van der Waals surface area contributed by atoms with Gasteiger partial charge >= 0.3 is 6.15 Å². The van der Waals surface area contributed by atoms with Gasteiger partial charge in [-0.1, -0.05) is 75.2 Å². The summed E-state index contributed by atoms with van der Waals surface area (Å²) in [6, 6.07) is 16.1. The van der Waals surface area contributed by atoms with Gasteiger partial charge in [0.25, 0.3) is 0 Å². The van der Waals surface area contributed by atoms with E-state index in [-0.39, 0.29) is 11.6 Å². The molecule has 0 amide bonds. The van der Waals surface area contributed by atoms with E-state index in [1.807, 2.05) is 18.5 Å². The lowest BCUT2D eigenvalue weighted by molar-refractivity contribution is -0.191. The Bertz CT molecular complexity index is 1270. The van der Waals surface area contributed by atoms with Crippen LogP contribution in [0.3, 0.4) is 0 Å². The molecule has 1 saturated carbocycles. The van der Waals surface area contributed by atoms with Gasteiger partial charge in [0, 0.05) is 23.4 Å². The highest BCUT2D eigenvalue weighted by Gasteiger charge is 2.32. The molecule has 1 aliphatic rings. The van der Waals surface area contributed by atoms with Gasteiger partial charge in [0.15, 0.2) is 0 Å². The van der Waals surface area contributed by atoms with Gasteiger partial charge in [0.1, 0.15) is 0 Å². The average Bonchev–Trinajstić information content (AvgIpc) is 3.32. The molecule has 0 bridgehead atoms. The first-order chi connectivity index (χ1) is 17.7. The number of aliphatic hydroxyl groups is 1. The first-order valence-corrected chi connectivity index (χ1v) is 13.3. The molecule has 1 heterocycles. The largest absolute Gasteiger partial charge is 0.386 e. The predicted octanol–water partition coefficient (Wildman–Crippen LogP) is 7.51. The van der Waals surface area contributed by atoms with Crippen LogP contribution >= 0.6 is 0 Å². The molecule has 4 nitrogen and oxygen atoms in total. The minimum Gasteiger partial charge on any atom is -0.386 e. The fraction of sp³-hybridized carbons (Fsp3) is 0.394.